The van der Waals surface area contributed by atoms with Crippen LogP contribution in [0.25, 0.3) is 10.2 Å². The van der Waals surface area contributed by atoms with Crippen molar-refractivity contribution in [2.75, 3.05) is 19.8 Å². The van der Waals surface area contributed by atoms with Crippen LogP contribution in [0.4, 0.5) is 9.18 Å². The van der Waals surface area contributed by atoms with Gasteiger partial charge in [0.05, 0.1) is 21.9 Å². The Balaban J connectivity index is 1.43. The van der Waals surface area contributed by atoms with E-state index in [2.05, 4.69) is 10.3 Å². The second-order valence-corrected chi connectivity index (χ2v) is 9.40. The molecule has 0 saturated carbocycles. The Morgan fingerprint density at radius 1 is 1.12 bits per heavy atom. The maximum Gasteiger partial charge on any atom is 0.408 e. The van der Waals surface area contributed by atoms with Gasteiger partial charge < -0.3 is 15.0 Å². The minimum absolute atomic E-state index is 0.128. The largest absolute Gasteiger partial charge is 0.445 e. The van der Waals surface area contributed by atoms with Gasteiger partial charge in [0.2, 0.25) is 5.91 Å². The SMILES string of the molecule is O=C(NC(Cc1nc2ccccc2s1)C(=O)N1CCC(CCF)CC1)OCc1ccccc1. The summed E-state index contributed by atoms with van der Waals surface area (Å²) in [7, 11) is 0. The molecule has 0 spiro atoms. The van der Waals surface area contributed by atoms with Crippen molar-refractivity contribution in [3.8, 4) is 0 Å². The van der Waals surface area contributed by atoms with Crippen LogP contribution in [0, 0.1) is 5.92 Å². The van der Waals surface area contributed by atoms with Gasteiger partial charge in [0.25, 0.3) is 0 Å². The van der Waals surface area contributed by atoms with E-state index in [0.717, 1.165) is 33.6 Å². The summed E-state index contributed by atoms with van der Waals surface area (Å²) in [6.45, 7) is 0.943. The number of halogens is 1. The Hall–Kier alpha value is -3.00. The highest BCUT2D eigenvalue weighted by atomic mass is 32.1. The quantitative estimate of drug-likeness (QED) is 0.518. The predicted octanol–water partition coefficient (Wildman–Crippen LogP) is 4.73. The van der Waals surface area contributed by atoms with Gasteiger partial charge >= 0.3 is 6.09 Å². The van der Waals surface area contributed by atoms with E-state index in [4.69, 9.17) is 4.74 Å². The fourth-order valence-corrected chi connectivity index (χ4v) is 5.12. The molecule has 0 radical (unpaired) electrons. The van der Waals surface area contributed by atoms with Crippen molar-refractivity contribution in [1.82, 2.24) is 15.2 Å². The summed E-state index contributed by atoms with van der Waals surface area (Å²) < 4.78 is 19.1. The first kappa shape index (κ1) is 23.2. The summed E-state index contributed by atoms with van der Waals surface area (Å²) in [5, 5.41) is 3.55. The molecule has 6 nitrogen and oxygen atoms in total. The Labute approximate surface area is 196 Å². The Kier molecular flexibility index (Phi) is 7.88. The number of carbonyl (C=O) groups excluding carboxylic acids is 2. The number of thiazole rings is 1. The molecule has 1 fully saturated rings. The molecule has 1 aliphatic rings. The van der Waals surface area contributed by atoms with E-state index in [1.54, 1.807) is 4.90 Å². The van der Waals surface area contributed by atoms with Crippen LogP contribution in [0.15, 0.2) is 54.6 Å². The number of alkyl carbamates (subject to hydrolysis) is 1. The summed E-state index contributed by atoms with van der Waals surface area (Å²) in [4.78, 5) is 32.3. The van der Waals surface area contributed by atoms with Crippen molar-refractivity contribution in [2.45, 2.75) is 38.3 Å². The number of fused-ring (bicyclic) bond motifs is 1. The number of aromatic nitrogens is 1. The molecule has 2 aromatic carbocycles. The zero-order valence-corrected chi connectivity index (χ0v) is 19.2. The second-order valence-electron chi connectivity index (χ2n) is 8.28. The summed E-state index contributed by atoms with van der Waals surface area (Å²) in [5.41, 5.74) is 1.75. The van der Waals surface area contributed by atoms with E-state index in [0.29, 0.717) is 31.8 Å². The summed E-state index contributed by atoms with van der Waals surface area (Å²) in [6, 6.07) is 16.4. The van der Waals surface area contributed by atoms with Gasteiger partial charge in [0.1, 0.15) is 12.6 Å². The Morgan fingerprint density at radius 3 is 2.58 bits per heavy atom. The van der Waals surface area contributed by atoms with Crippen LogP contribution < -0.4 is 5.32 Å². The number of benzene rings is 2. The van der Waals surface area contributed by atoms with Crippen molar-refractivity contribution in [3.63, 3.8) is 0 Å². The molecule has 33 heavy (non-hydrogen) atoms. The van der Waals surface area contributed by atoms with Crippen molar-refractivity contribution in [2.24, 2.45) is 5.92 Å². The summed E-state index contributed by atoms with van der Waals surface area (Å²) in [6.07, 6.45) is 1.76. The number of nitrogens with one attached hydrogen (secondary N) is 1. The molecule has 174 valence electrons. The molecule has 1 aliphatic heterocycles. The minimum Gasteiger partial charge on any atom is -0.445 e. The number of likely N-dealkylation sites (tertiary alicyclic amines) is 1. The molecule has 1 aromatic heterocycles. The van der Waals surface area contributed by atoms with Crippen LogP contribution in [-0.2, 0) is 22.6 Å². The van der Waals surface area contributed by atoms with Crippen LogP contribution in [0.5, 0.6) is 0 Å². The third kappa shape index (κ3) is 6.28. The number of hydrogen-bond acceptors (Lipinski definition) is 5. The molecule has 1 saturated heterocycles. The van der Waals surface area contributed by atoms with Crippen LogP contribution in [0.3, 0.4) is 0 Å². The number of hydrogen-bond donors (Lipinski definition) is 1. The number of ether oxygens (including phenoxy) is 1. The number of para-hydroxylation sites is 1. The molecule has 1 N–H and O–H groups in total. The zero-order chi connectivity index (χ0) is 23.0. The lowest BCUT2D eigenvalue weighted by Gasteiger charge is -2.34. The maximum atomic E-state index is 13.4. The summed E-state index contributed by atoms with van der Waals surface area (Å²) in [5.74, 6) is 0.162. The Morgan fingerprint density at radius 2 is 1.85 bits per heavy atom. The third-order valence-corrected chi connectivity index (χ3v) is 7.02. The van der Waals surface area contributed by atoms with Gasteiger partial charge in [-0.25, -0.2) is 9.78 Å². The molecule has 3 aromatic rings. The predicted molar refractivity (Wildman–Crippen MR) is 127 cm³/mol. The number of carbonyl (C=O) groups is 2. The molecule has 2 amide bonds. The second kappa shape index (κ2) is 11.2. The number of nitrogens with zero attached hydrogens (tertiary/aromatic N) is 2. The first-order valence-corrected chi connectivity index (χ1v) is 12.1. The Bertz CT molecular complexity index is 1030. The van der Waals surface area contributed by atoms with Crippen LogP contribution in [-0.4, -0.2) is 47.7 Å². The average molecular weight is 470 g/mol. The topological polar surface area (TPSA) is 71.5 Å². The normalized spacial score (nSPS) is 15.4. The zero-order valence-electron chi connectivity index (χ0n) is 18.4. The molecule has 2 heterocycles. The van der Waals surface area contributed by atoms with Gasteiger partial charge in [0.15, 0.2) is 0 Å². The van der Waals surface area contributed by atoms with E-state index in [-0.39, 0.29) is 19.2 Å². The molecule has 1 unspecified atom stereocenters. The minimum atomic E-state index is -0.772. The van der Waals surface area contributed by atoms with Gasteiger partial charge in [-0.3, -0.25) is 9.18 Å². The molecular weight excluding hydrogens is 441 g/mol. The first-order chi connectivity index (χ1) is 16.1. The highest BCUT2D eigenvalue weighted by Gasteiger charge is 2.30. The van der Waals surface area contributed by atoms with Gasteiger partial charge in [-0.05, 0) is 42.9 Å². The van der Waals surface area contributed by atoms with Gasteiger partial charge in [-0.2, -0.15) is 0 Å². The average Bonchev–Trinajstić information content (AvgIpc) is 3.26. The molecular formula is C25H28FN3O3S. The van der Waals surface area contributed by atoms with Gasteiger partial charge in [-0.1, -0.05) is 42.5 Å². The standard InChI is InChI=1S/C25H28FN3O3S/c26-13-10-18-11-14-29(15-12-18)24(30)21(16-23-27-20-8-4-5-9-22(20)33-23)28-25(31)32-17-19-6-2-1-3-7-19/h1-9,18,21H,10-17H2,(H,28,31). The lowest BCUT2D eigenvalue weighted by atomic mass is 9.93. The smallest absolute Gasteiger partial charge is 0.408 e. The van der Waals surface area contributed by atoms with Crippen molar-refractivity contribution in [3.05, 3.63) is 65.2 Å². The lowest BCUT2D eigenvalue weighted by molar-refractivity contribution is -0.134. The number of amides is 2. The van der Waals surface area contributed by atoms with Crippen molar-refractivity contribution in [1.29, 1.82) is 0 Å². The van der Waals surface area contributed by atoms with E-state index >= 15 is 0 Å². The summed E-state index contributed by atoms with van der Waals surface area (Å²) >= 11 is 1.52. The molecule has 0 bridgehead atoms. The van der Waals surface area contributed by atoms with Crippen LogP contribution in [0.1, 0.15) is 29.8 Å². The van der Waals surface area contributed by atoms with Crippen molar-refractivity contribution < 1.29 is 18.7 Å². The van der Waals surface area contributed by atoms with E-state index in [1.807, 2.05) is 54.6 Å². The van der Waals surface area contributed by atoms with Gasteiger partial charge in [0, 0.05) is 19.5 Å². The van der Waals surface area contributed by atoms with Crippen LogP contribution in [0.2, 0.25) is 0 Å². The monoisotopic (exact) mass is 469 g/mol. The highest BCUT2D eigenvalue weighted by Crippen LogP contribution is 2.24. The fourth-order valence-electron chi connectivity index (χ4n) is 4.11. The highest BCUT2D eigenvalue weighted by molar-refractivity contribution is 7.18. The first-order valence-electron chi connectivity index (χ1n) is 11.3. The van der Waals surface area contributed by atoms with E-state index in [9.17, 15) is 14.0 Å². The molecule has 4 rings (SSSR count). The molecule has 8 heteroatoms. The number of rotatable bonds is 8. The number of alkyl halides is 1. The van der Waals surface area contributed by atoms with E-state index in [1.165, 1.54) is 11.3 Å². The maximum absolute atomic E-state index is 13.4. The fraction of sp³-hybridized carbons (Fsp3) is 0.400. The van der Waals surface area contributed by atoms with Crippen LogP contribution >= 0.6 is 11.3 Å². The lowest BCUT2D eigenvalue weighted by Crippen LogP contribution is -2.51. The molecule has 0 aliphatic carbocycles. The third-order valence-electron chi connectivity index (χ3n) is 5.96. The van der Waals surface area contributed by atoms with Crippen molar-refractivity contribution >= 4 is 33.6 Å². The number of piperidine rings is 1. The molecule has 1 atom stereocenters. The van der Waals surface area contributed by atoms with Gasteiger partial charge in [-0.15, -0.1) is 11.3 Å². The van der Waals surface area contributed by atoms with E-state index < -0.39 is 12.1 Å².